The molecule has 94 valence electrons. The second-order valence-corrected chi connectivity index (χ2v) is 4.57. The van der Waals surface area contributed by atoms with Gasteiger partial charge in [0.2, 0.25) is 0 Å². The van der Waals surface area contributed by atoms with Crippen molar-refractivity contribution in [1.82, 2.24) is 4.98 Å². The van der Waals surface area contributed by atoms with E-state index in [0.717, 1.165) is 33.5 Å². The molecule has 3 aromatic rings. The lowest BCUT2D eigenvalue weighted by Gasteiger charge is -2.10. The molecule has 0 fully saturated rings. The van der Waals surface area contributed by atoms with Crippen LogP contribution in [0.1, 0.15) is 5.56 Å². The van der Waals surface area contributed by atoms with Gasteiger partial charge in [0.1, 0.15) is 0 Å². The summed E-state index contributed by atoms with van der Waals surface area (Å²) < 4.78 is 0. The van der Waals surface area contributed by atoms with Crippen LogP contribution in [0.5, 0.6) is 0 Å². The molecule has 0 unspecified atom stereocenters. The van der Waals surface area contributed by atoms with Gasteiger partial charge in [0.05, 0.1) is 5.52 Å². The van der Waals surface area contributed by atoms with E-state index in [9.17, 15) is 0 Å². The molecule has 1 aromatic heterocycles. The van der Waals surface area contributed by atoms with Crippen molar-refractivity contribution in [3.63, 3.8) is 0 Å². The van der Waals surface area contributed by atoms with Gasteiger partial charge < -0.3 is 11.1 Å². The van der Waals surface area contributed by atoms with Gasteiger partial charge in [-0.05, 0) is 55.0 Å². The Morgan fingerprint density at radius 2 is 1.95 bits per heavy atom. The Labute approximate surface area is 112 Å². The van der Waals surface area contributed by atoms with Crippen LogP contribution in [0.25, 0.3) is 10.9 Å². The molecule has 0 amide bonds. The van der Waals surface area contributed by atoms with Gasteiger partial charge in [-0.2, -0.15) is 0 Å². The lowest BCUT2D eigenvalue weighted by Crippen LogP contribution is -1.95. The number of aryl methyl sites for hydroxylation is 1. The fraction of sp³-hybridized carbons (Fsp3) is 0.0625. The van der Waals surface area contributed by atoms with E-state index in [-0.39, 0.29) is 0 Å². The third-order valence-corrected chi connectivity index (χ3v) is 3.19. The molecule has 0 aliphatic carbocycles. The van der Waals surface area contributed by atoms with Crippen molar-refractivity contribution in [1.29, 1.82) is 0 Å². The predicted molar refractivity (Wildman–Crippen MR) is 80.6 cm³/mol. The molecule has 0 saturated heterocycles. The second-order valence-electron chi connectivity index (χ2n) is 4.57. The van der Waals surface area contributed by atoms with Crippen molar-refractivity contribution in [2.45, 2.75) is 6.92 Å². The van der Waals surface area contributed by atoms with Gasteiger partial charge in [0, 0.05) is 28.6 Å². The standard InChI is InChI=1S/C16H15N3/c1-11-10-12(7-8-14(11)17)19-16-6-2-5-15-13(16)4-3-9-18-15/h2-10,19H,17H2,1H3. The van der Waals surface area contributed by atoms with Crippen molar-refractivity contribution in [3.8, 4) is 0 Å². The zero-order valence-corrected chi connectivity index (χ0v) is 10.7. The highest BCUT2D eigenvalue weighted by atomic mass is 14.9. The number of nitrogens with one attached hydrogen (secondary N) is 1. The van der Waals surface area contributed by atoms with Crippen molar-refractivity contribution >= 4 is 28.0 Å². The number of nitrogen functional groups attached to an aromatic ring is 1. The number of hydrogen-bond donors (Lipinski definition) is 2. The summed E-state index contributed by atoms with van der Waals surface area (Å²) in [7, 11) is 0. The van der Waals surface area contributed by atoms with E-state index in [4.69, 9.17) is 5.73 Å². The Kier molecular flexibility index (Phi) is 2.80. The van der Waals surface area contributed by atoms with E-state index in [0.29, 0.717) is 0 Å². The minimum atomic E-state index is 0.810. The minimum absolute atomic E-state index is 0.810. The second kappa shape index (κ2) is 4.61. The van der Waals surface area contributed by atoms with Crippen LogP contribution in [0.3, 0.4) is 0 Å². The molecule has 1 heterocycles. The van der Waals surface area contributed by atoms with Gasteiger partial charge in [0.15, 0.2) is 0 Å². The number of pyridine rings is 1. The number of nitrogens with zero attached hydrogens (tertiary/aromatic N) is 1. The first-order valence-corrected chi connectivity index (χ1v) is 6.21. The monoisotopic (exact) mass is 249 g/mol. The Morgan fingerprint density at radius 3 is 2.79 bits per heavy atom. The molecule has 0 atom stereocenters. The van der Waals surface area contributed by atoms with E-state index < -0.39 is 0 Å². The number of hydrogen-bond acceptors (Lipinski definition) is 3. The summed E-state index contributed by atoms with van der Waals surface area (Å²) in [6.45, 7) is 2.01. The van der Waals surface area contributed by atoms with Crippen LogP contribution >= 0.6 is 0 Å². The van der Waals surface area contributed by atoms with E-state index in [1.165, 1.54) is 0 Å². The van der Waals surface area contributed by atoms with Crippen LogP contribution in [0.2, 0.25) is 0 Å². The average Bonchev–Trinajstić information content (AvgIpc) is 2.43. The summed E-state index contributed by atoms with van der Waals surface area (Å²) in [6.07, 6.45) is 1.81. The molecule has 0 bridgehead atoms. The van der Waals surface area contributed by atoms with Gasteiger partial charge in [-0.25, -0.2) is 0 Å². The van der Waals surface area contributed by atoms with E-state index in [1.54, 1.807) is 6.20 Å². The van der Waals surface area contributed by atoms with E-state index in [1.807, 2.05) is 43.3 Å². The first-order valence-electron chi connectivity index (χ1n) is 6.21. The minimum Gasteiger partial charge on any atom is -0.399 e. The Morgan fingerprint density at radius 1 is 1.05 bits per heavy atom. The van der Waals surface area contributed by atoms with Crippen LogP contribution in [0, 0.1) is 6.92 Å². The molecule has 19 heavy (non-hydrogen) atoms. The number of rotatable bonds is 2. The van der Waals surface area contributed by atoms with E-state index in [2.05, 4.69) is 22.4 Å². The Hall–Kier alpha value is -2.55. The van der Waals surface area contributed by atoms with Crippen LogP contribution < -0.4 is 11.1 Å². The van der Waals surface area contributed by atoms with Crippen molar-refractivity contribution < 1.29 is 0 Å². The first-order chi connectivity index (χ1) is 9.24. The first kappa shape index (κ1) is 11.5. The van der Waals surface area contributed by atoms with Crippen LogP contribution in [-0.4, -0.2) is 4.98 Å². The maximum atomic E-state index is 5.83. The quantitative estimate of drug-likeness (QED) is 0.678. The van der Waals surface area contributed by atoms with E-state index >= 15 is 0 Å². The largest absolute Gasteiger partial charge is 0.399 e. The predicted octanol–water partition coefficient (Wildman–Crippen LogP) is 3.87. The third kappa shape index (κ3) is 2.22. The Bertz CT molecular complexity index is 730. The molecule has 0 spiro atoms. The fourth-order valence-corrected chi connectivity index (χ4v) is 2.12. The fourth-order valence-electron chi connectivity index (χ4n) is 2.12. The summed E-state index contributed by atoms with van der Waals surface area (Å²) >= 11 is 0. The van der Waals surface area contributed by atoms with Gasteiger partial charge in [-0.1, -0.05) is 6.07 Å². The number of fused-ring (bicyclic) bond motifs is 1. The summed E-state index contributed by atoms with van der Waals surface area (Å²) in [5.41, 5.74) is 10.8. The van der Waals surface area contributed by atoms with Gasteiger partial charge in [-0.3, -0.25) is 4.98 Å². The molecule has 3 heteroatoms. The molecule has 2 aromatic carbocycles. The zero-order valence-electron chi connectivity index (χ0n) is 10.7. The van der Waals surface area contributed by atoms with Gasteiger partial charge >= 0.3 is 0 Å². The van der Waals surface area contributed by atoms with Crippen molar-refractivity contribution in [2.75, 3.05) is 11.1 Å². The molecule has 0 saturated carbocycles. The maximum Gasteiger partial charge on any atom is 0.0722 e. The molecule has 0 aliphatic rings. The third-order valence-electron chi connectivity index (χ3n) is 3.19. The highest BCUT2D eigenvalue weighted by molar-refractivity contribution is 5.93. The Balaban J connectivity index is 2.03. The number of nitrogens with two attached hydrogens (primary N) is 1. The zero-order chi connectivity index (χ0) is 13.2. The van der Waals surface area contributed by atoms with Gasteiger partial charge in [-0.15, -0.1) is 0 Å². The topological polar surface area (TPSA) is 50.9 Å². The van der Waals surface area contributed by atoms with Crippen molar-refractivity contribution in [2.24, 2.45) is 0 Å². The SMILES string of the molecule is Cc1cc(Nc2cccc3ncccc23)ccc1N. The lowest BCUT2D eigenvalue weighted by molar-refractivity contribution is 1.41. The van der Waals surface area contributed by atoms with Crippen LogP contribution in [-0.2, 0) is 0 Å². The lowest BCUT2D eigenvalue weighted by atomic mass is 10.1. The molecule has 3 rings (SSSR count). The van der Waals surface area contributed by atoms with Crippen LogP contribution in [0.4, 0.5) is 17.1 Å². The highest BCUT2D eigenvalue weighted by Gasteiger charge is 2.02. The molecule has 3 N–H and O–H groups in total. The molecule has 0 aliphatic heterocycles. The summed E-state index contributed by atoms with van der Waals surface area (Å²) in [4.78, 5) is 4.36. The molecule has 0 radical (unpaired) electrons. The summed E-state index contributed by atoms with van der Waals surface area (Å²) in [5, 5.41) is 4.53. The molecular weight excluding hydrogens is 234 g/mol. The average molecular weight is 249 g/mol. The summed E-state index contributed by atoms with van der Waals surface area (Å²) in [6, 6.07) is 16.0. The summed E-state index contributed by atoms with van der Waals surface area (Å²) in [5.74, 6) is 0. The smallest absolute Gasteiger partial charge is 0.0722 e. The number of benzene rings is 2. The highest BCUT2D eigenvalue weighted by Crippen LogP contribution is 2.26. The van der Waals surface area contributed by atoms with Gasteiger partial charge in [0.25, 0.3) is 0 Å². The molecule has 3 nitrogen and oxygen atoms in total. The molecular formula is C16H15N3. The van der Waals surface area contributed by atoms with Crippen LogP contribution in [0.15, 0.2) is 54.7 Å². The van der Waals surface area contributed by atoms with Crippen molar-refractivity contribution in [3.05, 3.63) is 60.3 Å². The number of anilines is 3. The normalized spacial score (nSPS) is 10.6. The number of aromatic nitrogens is 1. The maximum absolute atomic E-state index is 5.83.